The molecule has 0 saturated heterocycles. The van der Waals surface area contributed by atoms with E-state index < -0.39 is 0 Å². The number of para-hydroxylation sites is 3. The van der Waals surface area contributed by atoms with E-state index in [4.69, 9.17) is 19.8 Å². The van der Waals surface area contributed by atoms with Crippen LogP contribution in [0.25, 0.3) is 5.69 Å². The van der Waals surface area contributed by atoms with E-state index in [-0.39, 0.29) is 6.04 Å². The maximum absolute atomic E-state index is 5.46. The lowest BCUT2D eigenvalue weighted by Crippen LogP contribution is -2.46. The smallest absolute Gasteiger partial charge is 0.179 e. The zero-order chi connectivity index (χ0) is 26.3. The first-order valence-electron chi connectivity index (χ1n) is 12.9. The Morgan fingerprint density at radius 1 is 0.795 bits per heavy atom. The van der Waals surface area contributed by atoms with Gasteiger partial charge in [-0.2, -0.15) is 5.10 Å². The van der Waals surface area contributed by atoms with E-state index in [2.05, 4.69) is 59.6 Å². The van der Waals surface area contributed by atoms with Crippen LogP contribution in [0.5, 0.6) is 5.75 Å². The molecule has 0 bridgehead atoms. The molecule has 4 aromatic carbocycles. The first-order valence-corrected chi connectivity index (χ1v) is 12.9. The van der Waals surface area contributed by atoms with Crippen LogP contribution in [-0.4, -0.2) is 28.6 Å². The van der Waals surface area contributed by atoms with Crippen molar-refractivity contribution in [3.05, 3.63) is 126 Å². The number of aromatic nitrogens is 2. The van der Waals surface area contributed by atoms with Gasteiger partial charge in [0.05, 0.1) is 35.9 Å². The Bertz CT molecular complexity index is 1740. The number of hydrogen-bond donors (Lipinski definition) is 1. The van der Waals surface area contributed by atoms with Crippen molar-refractivity contribution in [2.24, 2.45) is 9.98 Å². The number of ether oxygens (including phenoxy) is 1. The lowest BCUT2D eigenvalue weighted by molar-refractivity contribution is 0.415. The highest BCUT2D eigenvalue weighted by atomic mass is 16.5. The summed E-state index contributed by atoms with van der Waals surface area (Å²) in [5.74, 6) is 2.96. The molecule has 1 aromatic heterocycles. The van der Waals surface area contributed by atoms with Crippen LogP contribution in [0.2, 0.25) is 0 Å². The Balaban J connectivity index is 1.48. The topological polar surface area (TPSA) is 67.0 Å². The summed E-state index contributed by atoms with van der Waals surface area (Å²) in [5, 5.41) is 8.52. The van der Waals surface area contributed by atoms with Gasteiger partial charge in [0.2, 0.25) is 0 Å². The van der Waals surface area contributed by atoms with Crippen molar-refractivity contribution in [1.82, 2.24) is 9.78 Å². The van der Waals surface area contributed by atoms with E-state index in [1.807, 2.05) is 71.4 Å². The highest BCUT2D eigenvalue weighted by Gasteiger charge is 2.41. The normalized spacial score (nSPS) is 15.4. The number of nitrogens with one attached hydrogen (secondary N) is 1. The van der Waals surface area contributed by atoms with Crippen LogP contribution in [0.3, 0.4) is 0 Å². The third kappa shape index (κ3) is 3.87. The molecule has 7 rings (SSSR count). The number of rotatable bonds is 4. The molecule has 2 aliphatic rings. The van der Waals surface area contributed by atoms with Gasteiger partial charge >= 0.3 is 0 Å². The molecule has 0 radical (unpaired) electrons. The van der Waals surface area contributed by atoms with Crippen LogP contribution >= 0.6 is 0 Å². The standard InChI is InChI=1S/C32H26N6O/c1-21-28-29(22-12-5-3-6-13-22)37-27-19-10-9-18-26(27)34-30(33-23-14-11-17-25(20-23)39-2)32(37)35-31(28)38(36-21)24-15-7-4-8-16-24/h3-20,29H,1-2H3,(H,33,34)/t29-/m0/s1. The largest absolute Gasteiger partial charge is 0.497 e. The summed E-state index contributed by atoms with van der Waals surface area (Å²) < 4.78 is 7.40. The molecule has 0 spiro atoms. The highest BCUT2D eigenvalue weighted by molar-refractivity contribution is 6.51. The molecule has 0 amide bonds. The number of methoxy groups -OCH3 is 1. The Morgan fingerprint density at radius 3 is 2.33 bits per heavy atom. The van der Waals surface area contributed by atoms with Gasteiger partial charge in [0.25, 0.3) is 0 Å². The fourth-order valence-corrected chi connectivity index (χ4v) is 5.34. The van der Waals surface area contributed by atoms with Crippen LogP contribution in [0.4, 0.5) is 22.9 Å². The van der Waals surface area contributed by atoms with Gasteiger partial charge in [-0.1, -0.05) is 66.7 Å². The van der Waals surface area contributed by atoms with Gasteiger partial charge in [-0.3, -0.25) is 0 Å². The van der Waals surface area contributed by atoms with E-state index >= 15 is 0 Å². The number of aryl methyl sites for hydroxylation is 1. The van der Waals surface area contributed by atoms with Gasteiger partial charge in [0, 0.05) is 17.3 Å². The van der Waals surface area contributed by atoms with E-state index in [9.17, 15) is 0 Å². The van der Waals surface area contributed by atoms with Crippen molar-refractivity contribution < 1.29 is 4.74 Å². The second-order valence-electron chi connectivity index (χ2n) is 9.49. The first kappa shape index (κ1) is 23.0. The summed E-state index contributed by atoms with van der Waals surface area (Å²) in [4.78, 5) is 12.6. The second kappa shape index (κ2) is 9.29. The zero-order valence-corrected chi connectivity index (χ0v) is 21.6. The predicted octanol–water partition coefficient (Wildman–Crippen LogP) is 6.98. The summed E-state index contributed by atoms with van der Waals surface area (Å²) in [5.41, 5.74) is 6.86. The minimum Gasteiger partial charge on any atom is -0.497 e. The number of nitrogens with zero attached hydrogens (tertiary/aromatic N) is 5. The lowest BCUT2D eigenvalue weighted by atomic mass is 9.93. The Labute approximate surface area is 226 Å². The van der Waals surface area contributed by atoms with Gasteiger partial charge < -0.3 is 15.0 Å². The zero-order valence-electron chi connectivity index (χ0n) is 21.6. The molecule has 7 heteroatoms. The Morgan fingerprint density at radius 2 is 1.54 bits per heavy atom. The van der Waals surface area contributed by atoms with Crippen LogP contribution < -0.4 is 15.0 Å². The van der Waals surface area contributed by atoms with Crippen LogP contribution in [0.15, 0.2) is 119 Å². The molecule has 2 aliphatic heterocycles. The third-order valence-electron chi connectivity index (χ3n) is 7.09. The van der Waals surface area contributed by atoms with Crippen LogP contribution in [0.1, 0.15) is 22.9 Å². The second-order valence-corrected chi connectivity index (χ2v) is 9.49. The van der Waals surface area contributed by atoms with Gasteiger partial charge in [-0.25, -0.2) is 14.7 Å². The number of fused-ring (bicyclic) bond motifs is 4. The molecule has 39 heavy (non-hydrogen) atoms. The molecule has 5 aromatic rings. The van der Waals surface area contributed by atoms with E-state index in [1.165, 1.54) is 0 Å². The van der Waals surface area contributed by atoms with E-state index in [0.29, 0.717) is 5.84 Å². The summed E-state index contributed by atoms with van der Waals surface area (Å²) in [6.45, 7) is 2.06. The maximum atomic E-state index is 5.46. The molecule has 1 N–H and O–H groups in total. The van der Waals surface area contributed by atoms with E-state index in [0.717, 1.165) is 57.0 Å². The van der Waals surface area contributed by atoms with Crippen molar-refractivity contribution in [3.63, 3.8) is 0 Å². The first-order chi connectivity index (χ1) is 19.2. The van der Waals surface area contributed by atoms with Crippen LogP contribution in [-0.2, 0) is 0 Å². The van der Waals surface area contributed by atoms with Crippen molar-refractivity contribution in [3.8, 4) is 11.4 Å². The quantitative estimate of drug-likeness (QED) is 0.283. The average molecular weight is 511 g/mol. The number of amidine groups is 2. The van der Waals surface area contributed by atoms with E-state index in [1.54, 1.807) is 7.11 Å². The van der Waals surface area contributed by atoms with Gasteiger partial charge in [-0.15, -0.1) is 0 Å². The van der Waals surface area contributed by atoms with Crippen molar-refractivity contribution >= 4 is 34.6 Å². The third-order valence-corrected chi connectivity index (χ3v) is 7.09. The molecule has 0 fully saturated rings. The van der Waals surface area contributed by atoms with Crippen molar-refractivity contribution in [2.45, 2.75) is 13.0 Å². The SMILES string of the molecule is COc1cccc(NC2=Nc3ccccc3N3C2=Nc2c(c(C)nn2-c2ccccc2)[C@@H]3c2ccccc2)c1. The molecular formula is C32H26N6O. The summed E-state index contributed by atoms with van der Waals surface area (Å²) >= 11 is 0. The van der Waals surface area contributed by atoms with Gasteiger partial charge in [0.1, 0.15) is 5.75 Å². The van der Waals surface area contributed by atoms with Gasteiger partial charge in [0.15, 0.2) is 17.5 Å². The Kier molecular flexibility index (Phi) is 5.48. The summed E-state index contributed by atoms with van der Waals surface area (Å²) in [7, 11) is 1.67. The number of anilines is 2. The summed E-state index contributed by atoms with van der Waals surface area (Å²) in [6.07, 6.45) is 0. The average Bonchev–Trinajstić information content (AvgIpc) is 3.33. The van der Waals surface area contributed by atoms with Crippen LogP contribution in [0, 0.1) is 6.92 Å². The molecule has 0 unspecified atom stereocenters. The monoisotopic (exact) mass is 510 g/mol. The minimum atomic E-state index is -0.148. The lowest BCUT2D eigenvalue weighted by Gasteiger charge is -2.40. The fraction of sp³-hybridized carbons (Fsp3) is 0.0938. The maximum Gasteiger partial charge on any atom is 0.179 e. The minimum absolute atomic E-state index is 0.148. The molecule has 7 nitrogen and oxygen atoms in total. The molecule has 0 aliphatic carbocycles. The van der Waals surface area contributed by atoms with Crippen molar-refractivity contribution in [1.29, 1.82) is 0 Å². The number of hydrogen-bond acceptors (Lipinski definition) is 6. The molecule has 190 valence electrons. The van der Waals surface area contributed by atoms with Crippen molar-refractivity contribution in [2.75, 3.05) is 17.3 Å². The molecule has 3 heterocycles. The highest BCUT2D eigenvalue weighted by Crippen LogP contribution is 2.48. The predicted molar refractivity (Wildman–Crippen MR) is 156 cm³/mol. The molecule has 0 saturated carbocycles. The molecule has 1 atom stereocenters. The van der Waals surface area contributed by atoms with Gasteiger partial charge in [-0.05, 0) is 48.9 Å². The fourth-order valence-electron chi connectivity index (χ4n) is 5.34. The molecular weight excluding hydrogens is 484 g/mol. The summed E-state index contributed by atoms with van der Waals surface area (Å²) in [6, 6.07) is 36.6. The Hall–Kier alpha value is -5.17. The number of aliphatic imine (C=N–C) groups is 2. The number of benzene rings is 4.